The molecule has 6 aromatic rings. The van der Waals surface area contributed by atoms with Gasteiger partial charge in [0.1, 0.15) is 45.7 Å². The summed E-state index contributed by atoms with van der Waals surface area (Å²) in [5.74, 6) is 1.91. The van der Waals surface area contributed by atoms with E-state index in [9.17, 15) is 13.2 Å². The van der Waals surface area contributed by atoms with E-state index in [1.165, 1.54) is 14.2 Å². The Morgan fingerprint density at radius 1 is 0.542 bits per heavy atom. The Morgan fingerprint density at radius 3 is 1.38 bits per heavy atom. The van der Waals surface area contributed by atoms with Crippen molar-refractivity contribution in [2.45, 2.75) is 40.5 Å². The molecular weight excluding hydrogens is 1100 g/mol. The van der Waals surface area contributed by atoms with E-state index in [4.69, 9.17) is 28.1 Å². The zero-order valence-electron chi connectivity index (χ0n) is 39.9. The first kappa shape index (κ1) is 54.7. The summed E-state index contributed by atoms with van der Waals surface area (Å²) in [7, 11) is -1.06. The lowest BCUT2D eigenvalue weighted by molar-refractivity contribution is 0.262. The number of rotatable bonds is 22. The van der Waals surface area contributed by atoms with Crippen molar-refractivity contribution in [3.05, 3.63) is 128 Å². The number of nitrogens with one attached hydrogen (secondary N) is 2. The molecule has 2 amide bonds. The van der Waals surface area contributed by atoms with E-state index in [2.05, 4.69) is 83.4 Å². The van der Waals surface area contributed by atoms with Crippen LogP contribution in [0.5, 0.6) is 23.0 Å². The molecule has 6 aromatic carbocycles. The average Bonchev–Trinajstić information content (AvgIpc) is 3.34. The predicted molar refractivity (Wildman–Crippen MR) is 287 cm³/mol. The minimum absolute atomic E-state index is 0.0420. The molecule has 0 heterocycles. The Bertz CT molecular complexity index is 3160. The van der Waals surface area contributed by atoms with Crippen LogP contribution in [-0.4, -0.2) is 62.5 Å². The van der Waals surface area contributed by atoms with Gasteiger partial charge in [0.05, 0.1) is 55.9 Å². The summed E-state index contributed by atoms with van der Waals surface area (Å²) < 4.78 is 64.5. The number of azo groups is 4. The van der Waals surface area contributed by atoms with Gasteiger partial charge in [0, 0.05) is 38.2 Å². The highest BCUT2D eigenvalue weighted by Crippen LogP contribution is 2.39. The fourth-order valence-corrected chi connectivity index (χ4v) is 7.93. The number of methoxy groups -OCH3 is 2. The first-order valence-electron chi connectivity index (χ1n) is 21.9. The van der Waals surface area contributed by atoms with E-state index in [1.807, 2.05) is 64.1 Å². The molecule has 0 atom stereocenters. The SMILES string of the molecule is COc1cc(N=Nc2ccc(Br)cc2OCCCSO)ccc1N=Nc1cc(C)c(NC(=O)Nc2cc(C)c(N=Nc3ccc(N=Nc4ccc(Br)cc4OCCCS(=O)(=O)O)cc3OC)cc2C)cc1C. The van der Waals surface area contributed by atoms with Crippen molar-refractivity contribution in [1.82, 2.24) is 0 Å². The van der Waals surface area contributed by atoms with Crippen molar-refractivity contribution in [1.29, 1.82) is 0 Å². The van der Waals surface area contributed by atoms with E-state index >= 15 is 0 Å². The number of benzene rings is 6. The second kappa shape index (κ2) is 26.2. The molecule has 376 valence electrons. The third kappa shape index (κ3) is 16.2. The van der Waals surface area contributed by atoms with Crippen LogP contribution >= 0.6 is 43.9 Å². The predicted octanol–water partition coefficient (Wildman–Crippen LogP) is 16.4. The van der Waals surface area contributed by atoms with Gasteiger partial charge in [-0.1, -0.05) is 31.9 Å². The largest absolute Gasteiger partial charge is 0.494 e. The summed E-state index contributed by atoms with van der Waals surface area (Å²) in [6, 6.07) is 27.7. The zero-order valence-corrected chi connectivity index (χ0v) is 44.7. The van der Waals surface area contributed by atoms with E-state index < -0.39 is 21.9 Å². The van der Waals surface area contributed by atoms with Crippen molar-refractivity contribution < 1.29 is 41.3 Å². The molecule has 23 heteroatoms. The molecule has 0 unspecified atom stereocenters. The Labute approximate surface area is 437 Å². The van der Waals surface area contributed by atoms with Crippen LogP contribution in [-0.2, 0) is 10.1 Å². The molecular formula is C49H50Br2N10O9S2. The lowest BCUT2D eigenvalue weighted by Gasteiger charge is -2.14. The van der Waals surface area contributed by atoms with Gasteiger partial charge in [0.15, 0.2) is 0 Å². The van der Waals surface area contributed by atoms with Crippen LogP contribution < -0.4 is 29.6 Å². The average molecular weight is 1150 g/mol. The van der Waals surface area contributed by atoms with Crippen LogP contribution in [0.4, 0.5) is 61.7 Å². The van der Waals surface area contributed by atoms with E-state index in [0.717, 1.165) is 43.2 Å². The van der Waals surface area contributed by atoms with E-state index in [0.29, 0.717) is 98.7 Å². The number of hydrogen-bond acceptors (Lipinski definition) is 17. The third-order valence-electron chi connectivity index (χ3n) is 10.3. The monoisotopic (exact) mass is 1140 g/mol. The Morgan fingerprint density at radius 2 is 0.944 bits per heavy atom. The summed E-state index contributed by atoms with van der Waals surface area (Å²) in [4.78, 5) is 13.3. The van der Waals surface area contributed by atoms with Crippen molar-refractivity contribution in [3.63, 3.8) is 0 Å². The highest BCUT2D eigenvalue weighted by molar-refractivity contribution is 9.10. The maximum absolute atomic E-state index is 13.3. The van der Waals surface area contributed by atoms with Gasteiger partial charge in [-0.3, -0.25) is 4.55 Å². The maximum atomic E-state index is 13.3. The number of carbonyl (C=O) groups is 1. The smallest absolute Gasteiger partial charge is 0.323 e. The zero-order chi connectivity index (χ0) is 51.8. The van der Waals surface area contributed by atoms with Gasteiger partial charge in [-0.2, -0.15) is 28.9 Å². The van der Waals surface area contributed by atoms with E-state index in [-0.39, 0.29) is 13.0 Å². The molecule has 0 aliphatic rings. The molecule has 6 rings (SSSR count). The van der Waals surface area contributed by atoms with E-state index in [1.54, 1.807) is 60.7 Å². The number of aryl methyl sites for hydroxylation is 4. The topological polar surface area (TPSA) is 252 Å². The number of amides is 2. The minimum Gasteiger partial charge on any atom is -0.494 e. The van der Waals surface area contributed by atoms with Gasteiger partial charge in [-0.25, -0.2) is 4.79 Å². The van der Waals surface area contributed by atoms with Crippen molar-refractivity contribution in [3.8, 4) is 23.0 Å². The number of halogens is 2. The third-order valence-corrected chi connectivity index (χ3v) is 12.5. The highest BCUT2D eigenvalue weighted by atomic mass is 79.9. The van der Waals surface area contributed by atoms with Gasteiger partial charge in [-0.15, -0.1) is 20.5 Å². The summed E-state index contributed by atoms with van der Waals surface area (Å²) in [5, 5.41) is 41.2. The minimum atomic E-state index is -4.10. The molecule has 0 fully saturated rings. The number of anilines is 2. The molecule has 0 radical (unpaired) electrons. The fraction of sp³-hybridized carbons (Fsp3) is 0.245. The Hall–Kier alpha value is -6.63. The highest BCUT2D eigenvalue weighted by Gasteiger charge is 2.14. The Kier molecular flexibility index (Phi) is 19.9. The lowest BCUT2D eigenvalue weighted by atomic mass is 10.1. The van der Waals surface area contributed by atoms with Gasteiger partial charge in [-0.05, 0) is 160 Å². The number of urea groups is 1. The molecule has 19 nitrogen and oxygen atoms in total. The Balaban J connectivity index is 1.07. The number of hydrogen-bond donors (Lipinski definition) is 4. The summed E-state index contributed by atoms with van der Waals surface area (Å²) in [6.45, 7) is 7.92. The molecule has 0 bridgehead atoms. The van der Waals surface area contributed by atoms with Gasteiger partial charge in [0.2, 0.25) is 0 Å². The van der Waals surface area contributed by atoms with Crippen molar-refractivity contribution >= 4 is 117 Å². The molecule has 0 aromatic heterocycles. The molecule has 0 saturated carbocycles. The summed E-state index contributed by atoms with van der Waals surface area (Å²) in [5.41, 5.74) is 8.31. The van der Waals surface area contributed by atoms with Crippen molar-refractivity contribution in [2.24, 2.45) is 40.9 Å². The molecule has 0 aliphatic carbocycles. The lowest BCUT2D eigenvalue weighted by Crippen LogP contribution is -2.20. The van der Waals surface area contributed by atoms with Crippen LogP contribution in [0.1, 0.15) is 35.1 Å². The van der Waals surface area contributed by atoms with Gasteiger partial charge < -0.3 is 34.1 Å². The molecule has 0 aliphatic heterocycles. The fourth-order valence-electron chi connectivity index (χ4n) is 6.52. The summed E-state index contributed by atoms with van der Waals surface area (Å²) in [6.07, 6.45) is 0.764. The molecule has 0 spiro atoms. The summed E-state index contributed by atoms with van der Waals surface area (Å²) >= 11 is 7.63. The number of ether oxygens (including phenoxy) is 4. The second-order valence-corrected chi connectivity index (χ2v) is 19.8. The first-order chi connectivity index (χ1) is 34.5. The molecule has 0 saturated heterocycles. The standard InChI is InChI=1S/C49H50Br2N10O9S2/c1-29-23-43(60-58-37-15-11-35(27-45(37)67-5)54-56-39-13-9-33(50)25-47(39)69-17-7-19-71-63)31(3)21-41(29)52-49(62)53-42-22-32(4)44(24-30(42)2)61-59-38-16-12-36(28-46(38)68-6)55-57-40-14-10-34(51)26-48(40)70-18-8-20-72(64,65)66/h9-16,21-28,63H,7-8,17-20H2,1-6H3,(H2,52,53,62)(H,64,65,66). The second-order valence-electron chi connectivity index (χ2n) is 15.7. The van der Waals surface area contributed by atoms with Crippen LogP contribution in [0.15, 0.2) is 147 Å². The van der Waals surface area contributed by atoms with Crippen LogP contribution in [0, 0.1) is 27.7 Å². The van der Waals surface area contributed by atoms with Crippen LogP contribution in [0.2, 0.25) is 0 Å². The number of nitrogens with zero attached hydrogens (tertiary/aromatic N) is 8. The maximum Gasteiger partial charge on any atom is 0.323 e. The van der Waals surface area contributed by atoms with Gasteiger partial charge >= 0.3 is 6.03 Å². The van der Waals surface area contributed by atoms with Crippen LogP contribution in [0.25, 0.3) is 0 Å². The first-order valence-corrected chi connectivity index (χ1v) is 26.1. The molecule has 4 N–H and O–H groups in total. The van der Waals surface area contributed by atoms with Gasteiger partial charge in [0.25, 0.3) is 10.1 Å². The quantitative estimate of drug-likeness (QED) is 0.0216. The van der Waals surface area contributed by atoms with Crippen LogP contribution in [0.3, 0.4) is 0 Å². The van der Waals surface area contributed by atoms with Crippen molar-refractivity contribution in [2.75, 3.05) is 49.6 Å². The number of carbonyl (C=O) groups excluding carboxylic acids is 1. The normalized spacial score (nSPS) is 11.8. The molecule has 72 heavy (non-hydrogen) atoms.